The maximum atomic E-state index is 11.9. The lowest BCUT2D eigenvalue weighted by molar-refractivity contribution is -0.121. The predicted octanol–water partition coefficient (Wildman–Crippen LogP) is 1.70. The summed E-state index contributed by atoms with van der Waals surface area (Å²) in [6.45, 7) is 9.70. The third-order valence-electron chi connectivity index (χ3n) is 5.63. The molecule has 144 valence electrons. The standard InChI is InChI=1S/C21H34N4O/c26-21(8-7-19-9-11-22-17-19)23-10-4-12-24-13-15-25(16-14-24)18-20-5-2-1-3-6-20/h1-3,5-6,19,22H,4,7-18H2,(H,23,26). The molecule has 2 saturated heterocycles. The van der Waals surface area contributed by atoms with Crippen molar-refractivity contribution in [3.63, 3.8) is 0 Å². The van der Waals surface area contributed by atoms with Crippen LogP contribution < -0.4 is 10.6 Å². The minimum atomic E-state index is 0.226. The molecule has 26 heavy (non-hydrogen) atoms. The summed E-state index contributed by atoms with van der Waals surface area (Å²) in [5, 5.41) is 6.45. The molecule has 1 aromatic carbocycles. The highest BCUT2D eigenvalue weighted by atomic mass is 16.1. The lowest BCUT2D eigenvalue weighted by atomic mass is 10.0. The number of carbonyl (C=O) groups is 1. The molecular formula is C21H34N4O. The molecule has 3 rings (SSSR count). The van der Waals surface area contributed by atoms with Gasteiger partial charge in [-0.15, -0.1) is 0 Å². The molecule has 5 heteroatoms. The van der Waals surface area contributed by atoms with Crippen LogP contribution in [0.3, 0.4) is 0 Å². The second-order valence-electron chi connectivity index (χ2n) is 7.70. The summed E-state index contributed by atoms with van der Waals surface area (Å²) in [7, 11) is 0. The van der Waals surface area contributed by atoms with Crippen molar-refractivity contribution in [2.24, 2.45) is 5.92 Å². The van der Waals surface area contributed by atoms with E-state index >= 15 is 0 Å². The van der Waals surface area contributed by atoms with Gasteiger partial charge in [-0.25, -0.2) is 0 Å². The van der Waals surface area contributed by atoms with E-state index in [1.807, 2.05) is 0 Å². The van der Waals surface area contributed by atoms with E-state index in [9.17, 15) is 4.79 Å². The Morgan fingerprint density at radius 1 is 1.12 bits per heavy atom. The van der Waals surface area contributed by atoms with E-state index in [2.05, 4.69) is 50.8 Å². The SMILES string of the molecule is O=C(CCC1CCNC1)NCCCN1CCN(Cc2ccccc2)CC1. The number of piperazine rings is 1. The highest BCUT2D eigenvalue weighted by Crippen LogP contribution is 2.14. The van der Waals surface area contributed by atoms with Gasteiger partial charge in [0.05, 0.1) is 0 Å². The topological polar surface area (TPSA) is 47.6 Å². The van der Waals surface area contributed by atoms with E-state index < -0.39 is 0 Å². The molecule has 0 bridgehead atoms. The van der Waals surface area contributed by atoms with E-state index in [1.165, 1.54) is 12.0 Å². The molecule has 0 aliphatic carbocycles. The Morgan fingerprint density at radius 2 is 1.88 bits per heavy atom. The quantitative estimate of drug-likeness (QED) is 0.660. The average molecular weight is 359 g/mol. The average Bonchev–Trinajstić information content (AvgIpc) is 3.19. The van der Waals surface area contributed by atoms with Gasteiger partial charge in [-0.3, -0.25) is 9.69 Å². The van der Waals surface area contributed by atoms with Gasteiger partial charge >= 0.3 is 0 Å². The lowest BCUT2D eigenvalue weighted by Gasteiger charge is -2.34. The van der Waals surface area contributed by atoms with Crippen LogP contribution in [0.15, 0.2) is 30.3 Å². The Hall–Kier alpha value is -1.43. The molecule has 2 heterocycles. The molecule has 0 saturated carbocycles. The first-order chi connectivity index (χ1) is 12.8. The normalized spacial score (nSPS) is 21.8. The predicted molar refractivity (Wildman–Crippen MR) is 106 cm³/mol. The smallest absolute Gasteiger partial charge is 0.220 e. The summed E-state index contributed by atoms with van der Waals surface area (Å²) in [5.74, 6) is 0.928. The largest absolute Gasteiger partial charge is 0.356 e. The van der Waals surface area contributed by atoms with Crippen molar-refractivity contribution in [3.05, 3.63) is 35.9 Å². The van der Waals surface area contributed by atoms with Crippen LogP contribution in [0.1, 0.15) is 31.2 Å². The first kappa shape index (κ1) is 19.3. The second kappa shape index (κ2) is 10.7. The Kier molecular flexibility index (Phi) is 7.92. The Bertz CT molecular complexity index is 522. The van der Waals surface area contributed by atoms with Gasteiger partial charge in [0, 0.05) is 45.7 Å². The molecular weight excluding hydrogens is 324 g/mol. The van der Waals surface area contributed by atoms with Gasteiger partial charge in [-0.2, -0.15) is 0 Å². The fourth-order valence-corrected chi connectivity index (χ4v) is 3.93. The Balaban J connectivity index is 1.21. The molecule has 2 N–H and O–H groups in total. The third-order valence-corrected chi connectivity index (χ3v) is 5.63. The van der Waals surface area contributed by atoms with Crippen LogP contribution in [0.5, 0.6) is 0 Å². The molecule has 5 nitrogen and oxygen atoms in total. The maximum Gasteiger partial charge on any atom is 0.220 e. The van der Waals surface area contributed by atoms with Crippen LogP contribution in [0, 0.1) is 5.92 Å². The van der Waals surface area contributed by atoms with Gasteiger partial charge in [0.25, 0.3) is 0 Å². The molecule has 2 fully saturated rings. The molecule has 1 amide bonds. The minimum Gasteiger partial charge on any atom is -0.356 e. The van der Waals surface area contributed by atoms with Gasteiger partial charge in [0.1, 0.15) is 0 Å². The zero-order valence-corrected chi connectivity index (χ0v) is 16.0. The molecule has 0 radical (unpaired) electrons. The highest BCUT2D eigenvalue weighted by molar-refractivity contribution is 5.75. The van der Waals surface area contributed by atoms with Gasteiger partial charge in [-0.05, 0) is 50.4 Å². The van der Waals surface area contributed by atoms with Crippen LogP contribution in [-0.4, -0.2) is 68.1 Å². The van der Waals surface area contributed by atoms with Gasteiger partial charge in [-0.1, -0.05) is 30.3 Å². The highest BCUT2D eigenvalue weighted by Gasteiger charge is 2.17. The zero-order valence-electron chi connectivity index (χ0n) is 16.0. The van der Waals surface area contributed by atoms with Crippen molar-refractivity contribution in [1.82, 2.24) is 20.4 Å². The fourth-order valence-electron chi connectivity index (χ4n) is 3.93. The van der Waals surface area contributed by atoms with Crippen LogP contribution in [0.25, 0.3) is 0 Å². The van der Waals surface area contributed by atoms with Crippen molar-refractivity contribution in [2.45, 2.75) is 32.2 Å². The van der Waals surface area contributed by atoms with E-state index in [0.717, 1.165) is 71.7 Å². The van der Waals surface area contributed by atoms with E-state index in [4.69, 9.17) is 0 Å². The van der Waals surface area contributed by atoms with E-state index in [0.29, 0.717) is 12.3 Å². The van der Waals surface area contributed by atoms with Crippen LogP contribution in [0.2, 0.25) is 0 Å². The van der Waals surface area contributed by atoms with E-state index in [1.54, 1.807) is 0 Å². The summed E-state index contributed by atoms with van der Waals surface area (Å²) in [6.07, 6.45) is 3.99. The summed E-state index contributed by atoms with van der Waals surface area (Å²) in [5.41, 5.74) is 1.40. The number of amides is 1. The van der Waals surface area contributed by atoms with Crippen molar-refractivity contribution in [3.8, 4) is 0 Å². The number of hydrogen-bond donors (Lipinski definition) is 2. The molecule has 2 aliphatic rings. The summed E-state index contributed by atoms with van der Waals surface area (Å²) in [6, 6.07) is 10.7. The van der Waals surface area contributed by atoms with Gasteiger partial charge in [0.2, 0.25) is 5.91 Å². The zero-order chi connectivity index (χ0) is 18.0. The monoisotopic (exact) mass is 358 g/mol. The summed E-state index contributed by atoms with van der Waals surface area (Å²) in [4.78, 5) is 17.0. The minimum absolute atomic E-state index is 0.226. The number of nitrogens with zero attached hydrogens (tertiary/aromatic N) is 2. The molecule has 1 aromatic rings. The lowest BCUT2D eigenvalue weighted by Crippen LogP contribution is -2.46. The maximum absolute atomic E-state index is 11.9. The first-order valence-corrected chi connectivity index (χ1v) is 10.3. The van der Waals surface area contributed by atoms with Crippen molar-refractivity contribution < 1.29 is 4.79 Å². The summed E-state index contributed by atoms with van der Waals surface area (Å²) < 4.78 is 0. The number of nitrogens with one attached hydrogen (secondary N) is 2. The fraction of sp³-hybridized carbons (Fsp3) is 0.667. The third kappa shape index (κ3) is 6.71. The van der Waals surface area contributed by atoms with Crippen molar-refractivity contribution in [2.75, 3.05) is 52.4 Å². The molecule has 1 atom stereocenters. The van der Waals surface area contributed by atoms with Crippen LogP contribution in [0.4, 0.5) is 0 Å². The van der Waals surface area contributed by atoms with Crippen LogP contribution >= 0.6 is 0 Å². The van der Waals surface area contributed by atoms with Crippen LogP contribution in [-0.2, 0) is 11.3 Å². The number of hydrogen-bond acceptors (Lipinski definition) is 4. The molecule has 0 aromatic heterocycles. The molecule has 1 unspecified atom stereocenters. The molecule has 2 aliphatic heterocycles. The first-order valence-electron chi connectivity index (χ1n) is 10.3. The Labute approximate surface area is 158 Å². The second-order valence-corrected chi connectivity index (χ2v) is 7.70. The summed E-state index contributed by atoms with van der Waals surface area (Å²) >= 11 is 0. The number of benzene rings is 1. The van der Waals surface area contributed by atoms with E-state index in [-0.39, 0.29) is 5.91 Å². The van der Waals surface area contributed by atoms with Gasteiger partial charge < -0.3 is 15.5 Å². The molecule has 0 spiro atoms. The number of carbonyl (C=O) groups excluding carboxylic acids is 1. The number of rotatable bonds is 9. The van der Waals surface area contributed by atoms with Crippen molar-refractivity contribution in [1.29, 1.82) is 0 Å². The van der Waals surface area contributed by atoms with Crippen molar-refractivity contribution >= 4 is 5.91 Å². The van der Waals surface area contributed by atoms with Gasteiger partial charge in [0.15, 0.2) is 0 Å². The Morgan fingerprint density at radius 3 is 2.62 bits per heavy atom.